The number of rotatable bonds is 5. The fourth-order valence-corrected chi connectivity index (χ4v) is 2.76. The summed E-state index contributed by atoms with van der Waals surface area (Å²) < 4.78 is 4.73. The van der Waals surface area contributed by atoms with Crippen LogP contribution in [0.5, 0.6) is 0 Å². The third-order valence-electron chi connectivity index (χ3n) is 3.80. The summed E-state index contributed by atoms with van der Waals surface area (Å²) in [7, 11) is 1.29. The smallest absolute Gasteiger partial charge is 0.339 e. The number of benzene rings is 1. The second kappa shape index (κ2) is 6.56. The minimum atomic E-state index is -0.497. The minimum absolute atomic E-state index is 0.285. The zero-order valence-corrected chi connectivity index (χ0v) is 14.5. The molecule has 2 aromatic heterocycles. The number of ketones is 1. The Hall–Kier alpha value is -2.87. The number of hydrogen-bond donors (Lipinski definition) is 1. The van der Waals surface area contributed by atoms with Crippen LogP contribution in [0.1, 0.15) is 32.1 Å². The van der Waals surface area contributed by atoms with Gasteiger partial charge in [-0.3, -0.25) is 4.79 Å². The van der Waals surface area contributed by atoms with E-state index < -0.39 is 5.97 Å². The Balaban J connectivity index is 1.81. The van der Waals surface area contributed by atoms with E-state index in [-0.39, 0.29) is 12.4 Å². The molecule has 0 fully saturated rings. The molecule has 0 saturated carbocycles. The quantitative estimate of drug-likeness (QED) is 0.551. The Morgan fingerprint density at radius 1 is 1.32 bits per heavy atom. The van der Waals surface area contributed by atoms with E-state index in [1.165, 1.54) is 7.11 Å². The molecule has 130 valence electrons. The summed E-state index contributed by atoms with van der Waals surface area (Å²) in [4.78, 5) is 33.7. The first-order valence-electron chi connectivity index (χ1n) is 7.37. The molecule has 1 N–H and O–H groups in total. The summed E-state index contributed by atoms with van der Waals surface area (Å²) >= 11 is 5.95. The molecule has 0 aliphatic heterocycles. The number of nitrogens with zero attached hydrogens (tertiary/aromatic N) is 3. The average molecular weight is 363 g/mol. The number of carbonyl (C=O) groups is 2. The van der Waals surface area contributed by atoms with Crippen molar-refractivity contribution in [3.05, 3.63) is 45.7 Å². The second-order valence-corrected chi connectivity index (χ2v) is 5.85. The van der Waals surface area contributed by atoms with Crippen molar-refractivity contribution in [1.82, 2.24) is 20.1 Å². The highest BCUT2D eigenvalue weighted by atomic mass is 35.5. The van der Waals surface area contributed by atoms with Gasteiger partial charge in [0, 0.05) is 10.7 Å². The standard InChI is InChI=1S/C16H15ClN4O4/c1-8-14(16(23)24-3)9(2)18-15(8)13(22)7-25-21-12-6-10(17)4-5-11(12)19-20-21/h4-6,18H,7H2,1-3H3. The van der Waals surface area contributed by atoms with E-state index in [2.05, 4.69) is 15.3 Å². The number of aromatic amines is 1. The molecule has 0 aliphatic rings. The Bertz CT molecular complexity index is 976. The van der Waals surface area contributed by atoms with Crippen molar-refractivity contribution in [2.75, 3.05) is 13.7 Å². The number of ether oxygens (including phenoxy) is 1. The Kier molecular flexibility index (Phi) is 4.45. The molecule has 0 radical (unpaired) electrons. The third kappa shape index (κ3) is 3.08. The number of halogens is 1. The summed E-state index contributed by atoms with van der Waals surface area (Å²) in [6, 6.07) is 5.03. The van der Waals surface area contributed by atoms with E-state index in [1.54, 1.807) is 32.0 Å². The van der Waals surface area contributed by atoms with Gasteiger partial charge in [0.05, 0.1) is 18.4 Å². The number of aryl methyl sites for hydroxylation is 1. The van der Waals surface area contributed by atoms with E-state index in [4.69, 9.17) is 21.2 Å². The SMILES string of the molecule is COC(=O)c1c(C)[nH]c(C(=O)COn2nnc3ccc(Cl)cc32)c1C. The monoisotopic (exact) mass is 362 g/mol. The zero-order valence-electron chi connectivity index (χ0n) is 13.8. The maximum absolute atomic E-state index is 12.4. The Labute approximate surface area is 147 Å². The summed E-state index contributed by atoms with van der Waals surface area (Å²) in [5.74, 6) is -0.829. The average Bonchev–Trinajstić information content (AvgIpc) is 3.12. The highest BCUT2D eigenvalue weighted by Gasteiger charge is 2.23. The lowest BCUT2D eigenvalue weighted by Crippen LogP contribution is -2.22. The van der Waals surface area contributed by atoms with Gasteiger partial charge in [-0.1, -0.05) is 16.4 Å². The van der Waals surface area contributed by atoms with Crippen LogP contribution in [-0.2, 0) is 4.74 Å². The number of aromatic nitrogens is 4. The highest BCUT2D eigenvalue weighted by molar-refractivity contribution is 6.31. The van der Waals surface area contributed by atoms with Gasteiger partial charge in [-0.05, 0) is 42.8 Å². The van der Waals surface area contributed by atoms with Gasteiger partial charge in [0.2, 0.25) is 5.78 Å². The van der Waals surface area contributed by atoms with Crippen molar-refractivity contribution in [3.8, 4) is 0 Å². The van der Waals surface area contributed by atoms with Gasteiger partial charge in [0.25, 0.3) is 0 Å². The number of methoxy groups -OCH3 is 1. The van der Waals surface area contributed by atoms with Crippen LogP contribution in [0.4, 0.5) is 0 Å². The van der Waals surface area contributed by atoms with E-state index >= 15 is 0 Å². The lowest BCUT2D eigenvalue weighted by molar-refractivity contribution is 0.0599. The fraction of sp³-hybridized carbons (Fsp3) is 0.250. The number of hydrogen-bond acceptors (Lipinski definition) is 6. The van der Waals surface area contributed by atoms with Gasteiger partial charge in [-0.15, -0.1) is 5.10 Å². The van der Waals surface area contributed by atoms with E-state index in [9.17, 15) is 9.59 Å². The van der Waals surface area contributed by atoms with Crippen LogP contribution in [0.3, 0.4) is 0 Å². The number of esters is 1. The normalized spacial score (nSPS) is 10.9. The molecule has 9 heteroatoms. The van der Waals surface area contributed by atoms with Crippen molar-refractivity contribution in [3.63, 3.8) is 0 Å². The van der Waals surface area contributed by atoms with Crippen LogP contribution in [0.25, 0.3) is 11.0 Å². The first kappa shape index (κ1) is 17.0. The Morgan fingerprint density at radius 2 is 2.08 bits per heavy atom. The van der Waals surface area contributed by atoms with Gasteiger partial charge < -0.3 is 14.6 Å². The topological polar surface area (TPSA) is 99.1 Å². The molecule has 0 atom stereocenters. The molecule has 0 amide bonds. The molecule has 0 unspecified atom stereocenters. The van der Waals surface area contributed by atoms with E-state index in [0.717, 1.165) is 4.85 Å². The van der Waals surface area contributed by atoms with Gasteiger partial charge in [-0.2, -0.15) is 0 Å². The molecular formula is C16H15ClN4O4. The predicted octanol–water partition coefficient (Wildman–Crippen LogP) is 2.13. The molecule has 25 heavy (non-hydrogen) atoms. The Morgan fingerprint density at radius 3 is 2.80 bits per heavy atom. The third-order valence-corrected chi connectivity index (χ3v) is 4.04. The van der Waals surface area contributed by atoms with Crippen molar-refractivity contribution >= 4 is 34.4 Å². The molecule has 3 aromatic rings. The van der Waals surface area contributed by atoms with Crippen molar-refractivity contribution in [2.45, 2.75) is 13.8 Å². The van der Waals surface area contributed by atoms with Crippen molar-refractivity contribution in [1.29, 1.82) is 0 Å². The molecule has 8 nitrogen and oxygen atoms in total. The maximum Gasteiger partial charge on any atom is 0.339 e. The number of nitrogens with one attached hydrogen (secondary N) is 1. The van der Waals surface area contributed by atoms with Crippen LogP contribution >= 0.6 is 11.6 Å². The summed E-state index contributed by atoms with van der Waals surface area (Å²) in [6.07, 6.45) is 0. The predicted molar refractivity (Wildman–Crippen MR) is 89.9 cm³/mol. The van der Waals surface area contributed by atoms with Gasteiger partial charge in [0.15, 0.2) is 6.61 Å². The summed E-state index contributed by atoms with van der Waals surface area (Å²) in [5.41, 5.74) is 2.87. The number of carbonyl (C=O) groups excluding carboxylic acids is 2. The molecular weight excluding hydrogens is 348 g/mol. The number of H-pyrrole nitrogens is 1. The van der Waals surface area contributed by atoms with Gasteiger partial charge in [-0.25, -0.2) is 4.79 Å². The summed E-state index contributed by atoms with van der Waals surface area (Å²) in [6.45, 7) is 3.09. The van der Waals surface area contributed by atoms with Crippen LogP contribution < -0.4 is 4.84 Å². The molecule has 1 aromatic carbocycles. The van der Waals surface area contributed by atoms with Gasteiger partial charge >= 0.3 is 5.97 Å². The molecule has 0 saturated heterocycles. The van der Waals surface area contributed by atoms with Crippen LogP contribution in [0, 0.1) is 13.8 Å². The van der Waals surface area contributed by atoms with E-state index in [0.29, 0.717) is 38.6 Å². The van der Waals surface area contributed by atoms with E-state index in [1.807, 2.05) is 0 Å². The fourth-order valence-electron chi connectivity index (χ4n) is 2.60. The first-order valence-corrected chi connectivity index (χ1v) is 7.75. The molecule has 3 rings (SSSR count). The molecule has 0 bridgehead atoms. The van der Waals surface area contributed by atoms with Crippen molar-refractivity contribution < 1.29 is 19.2 Å². The first-order chi connectivity index (χ1) is 11.9. The number of Topliss-reactive ketones (excluding diaryl/α,β-unsaturated/α-hetero) is 1. The van der Waals surface area contributed by atoms with Crippen LogP contribution in [0.2, 0.25) is 5.02 Å². The highest BCUT2D eigenvalue weighted by Crippen LogP contribution is 2.20. The zero-order chi connectivity index (χ0) is 18.1. The largest absolute Gasteiger partial charge is 0.465 e. The summed E-state index contributed by atoms with van der Waals surface area (Å²) in [5, 5.41) is 8.27. The second-order valence-electron chi connectivity index (χ2n) is 5.41. The van der Waals surface area contributed by atoms with Crippen LogP contribution in [-0.4, -0.2) is 45.6 Å². The maximum atomic E-state index is 12.4. The minimum Gasteiger partial charge on any atom is -0.465 e. The molecule has 0 spiro atoms. The molecule has 2 heterocycles. The lowest BCUT2D eigenvalue weighted by Gasteiger charge is -2.05. The van der Waals surface area contributed by atoms with Crippen molar-refractivity contribution in [2.24, 2.45) is 0 Å². The lowest BCUT2D eigenvalue weighted by atomic mass is 10.1. The van der Waals surface area contributed by atoms with Crippen LogP contribution in [0.15, 0.2) is 18.2 Å². The number of fused-ring (bicyclic) bond motifs is 1. The molecule has 0 aliphatic carbocycles. The van der Waals surface area contributed by atoms with Gasteiger partial charge in [0.1, 0.15) is 11.0 Å².